The van der Waals surface area contributed by atoms with Crippen molar-refractivity contribution in [1.29, 1.82) is 0 Å². The number of carbonyl (C=O) groups excluding carboxylic acids is 4. The molecule has 3 aromatic rings. The molecule has 1 aliphatic rings. The SMILES string of the molecule is CCOC(=O)Cn1cc(C=C2SC(=O)N(Cc3ccc(C(=O)OC)o3)C2=O)c2ccccc21. The number of fused-ring (bicyclic) bond motifs is 1. The molecule has 10 heteroatoms. The van der Waals surface area contributed by atoms with Crippen molar-refractivity contribution >= 4 is 51.8 Å². The van der Waals surface area contributed by atoms with Crippen LogP contribution in [0.25, 0.3) is 17.0 Å². The summed E-state index contributed by atoms with van der Waals surface area (Å²) in [5.74, 6) is -1.21. The van der Waals surface area contributed by atoms with E-state index in [1.54, 1.807) is 23.8 Å². The Morgan fingerprint density at radius 1 is 1.15 bits per heavy atom. The zero-order valence-corrected chi connectivity index (χ0v) is 18.7. The Bertz CT molecular complexity index is 1290. The third-order valence-corrected chi connectivity index (χ3v) is 5.85. The van der Waals surface area contributed by atoms with E-state index in [1.807, 2.05) is 24.3 Å². The third kappa shape index (κ3) is 4.56. The Balaban J connectivity index is 1.59. The maximum atomic E-state index is 12.9. The molecule has 1 fully saturated rings. The van der Waals surface area contributed by atoms with Crippen LogP contribution < -0.4 is 0 Å². The summed E-state index contributed by atoms with van der Waals surface area (Å²) < 4.78 is 16.8. The van der Waals surface area contributed by atoms with Gasteiger partial charge in [0.1, 0.15) is 12.3 Å². The van der Waals surface area contributed by atoms with Gasteiger partial charge in [-0.3, -0.25) is 19.3 Å². The monoisotopic (exact) mass is 468 g/mol. The van der Waals surface area contributed by atoms with Crippen LogP contribution in [0.5, 0.6) is 0 Å². The normalized spacial score (nSPS) is 15.0. The first-order chi connectivity index (χ1) is 15.9. The number of benzene rings is 1. The number of thioether (sulfide) groups is 1. The van der Waals surface area contributed by atoms with Crippen molar-refractivity contribution in [1.82, 2.24) is 9.47 Å². The molecule has 33 heavy (non-hydrogen) atoms. The summed E-state index contributed by atoms with van der Waals surface area (Å²) in [6.07, 6.45) is 3.39. The van der Waals surface area contributed by atoms with Crippen LogP contribution in [0.15, 0.2) is 51.9 Å². The number of imide groups is 1. The van der Waals surface area contributed by atoms with Crippen LogP contribution in [0, 0.1) is 0 Å². The van der Waals surface area contributed by atoms with Crippen molar-refractivity contribution in [3.8, 4) is 0 Å². The number of hydrogen-bond acceptors (Lipinski definition) is 8. The molecule has 0 radical (unpaired) electrons. The van der Waals surface area contributed by atoms with E-state index < -0.39 is 17.1 Å². The minimum absolute atomic E-state index is 0.00979. The molecule has 1 saturated heterocycles. The van der Waals surface area contributed by atoms with Gasteiger partial charge in [-0.1, -0.05) is 18.2 Å². The molecule has 1 aromatic carbocycles. The van der Waals surface area contributed by atoms with E-state index in [4.69, 9.17) is 9.15 Å². The van der Waals surface area contributed by atoms with Gasteiger partial charge in [-0.2, -0.15) is 0 Å². The fraction of sp³-hybridized carbons (Fsp3) is 0.217. The lowest BCUT2D eigenvalue weighted by molar-refractivity contribution is -0.143. The first-order valence-corrected chi connectivity index (χ1v) is 10.9. The number of rotatable bonds is 7. The van der Waals surface area contributed by atoms with Gasteiger partial charge < -0.3 is 18.5 Å². The molecule has 1 aliphatic heterocycles. The van der Waals surface area contributed by atoms with Crippen molar-refractivity contribution in [2.45, 2.75) is 20.0 Å². The van der Waals surface area contributed by atoms with Gasteiger partial charge in [-0.15, -0.1) is 0 Å². The maximum absolute atomic E-state index is 12.9. The zero-order valence-electron chi connectivity index (χ0n) is 17.9. The highest BCUT2D eigenvalue weighted by Crippen LogP contribution is 2.35. The molecule has 2 amide bonds. The predicted octanol–water partition coefficient (Wildman–Crippen LogP) is 3.82. The minimum Gasteiger partial charge on any atom is -0.465 e. The van der Waals surface area contributed by atoms with Gasteiger partial charge in [0.15, 0.2) is 0 Å². The van der Waals surface area contributed by atoms with E-state index in [9.17, 15) is 19.2 Å². The molecular weight excluding hydrogens is 448 g/mol. The molecule has 9 nitrogen and oxygen atoms in total. The molecular formula is C23H20N2O7S. The summed E-state index contributed by atoms with van der Waals surface area (Å²) in [6, 6.07) is 10.4. The molecule has 0 spiro atoms. The Morgan fingerprint density at radius 3 is 2.70 bits per heavy atom. The van der Waals surface area contributed by atoms with Gasteiger partial charge in [-0.05, 0) is 43.0 Å². The molecule has 0 bridgehead atoms. The molecule has 2 aromatic heterocycles. The highest BCUT2D eigenvalue weighted by molar-refractivity contribution is 8.18. The first kappa shape index (κ1) is 22.4. The molecule has 0 aliphatic carbocycles. The van der Waals surface area contributed by atoms with E-state index in [0.717, 1.165) is 27.6 Å². The number of esters is 2. The molecule has 170 valence electrons. The van der Waals surface area contributed by atoms with Crippen molar-refractivity contribution in [3.05, 3.63) is 64.6 Å². The van der Waals surface area contributed by atoms with Crippen LogP contribution in [-0.4, -0.2) is 46.3 Å². The summed E-state index contributed by atoms with van der Waals surface area (Å²) in [6.45, 7) is 1.95. The highest BCUT2D eigenvalue weighted by atomic mass is 32.2. The lowest BCUT2D eigenvalue weighted by Crippen LogP contribution is -2.27. The van der Waals surface area contributed by atoms with Crippen LogP contribution in [-0.2, 0) is 32.2 Å². The lowest BCUT2D eigenvalue weighted by Gasteiger charge is -2.09. The second-order valence-corrected chi connectivity index (χ2v) is 8.05. The van der Waals surface area contributed by atoms with Crippen LogP contribution in [0.3, 0.4) is 0 Å². The van der Waals surface area contributed by atoms with Gasteiger partial charge in [0, 0.05) is 22.7 Å². The van der Waals surface area contributed by atoms with Gasteiger partial charge in [-0.25, -0.2) is 4.79 Å². The second-order valence-electron chi connectivity index (χ2n) is 7.06. The van der Waals surface area contributed by atoms with E-state index in [1.165, 1.54) is 19.2 Å². The van der Waals surface area contributed by atoms with Crippen LogP contribution in [0.1, 0.15) is 28.8 Å². The number of amides is 2. The molecule has 0 atom stereocenters. The number of furan rings is 1. The van der Waals surface area contributed by atoms with Crippen LogP contribution >= 0.6 is 11.8 Å². The molecule has 0 saturated carbocycles. The number of nitrogens with zero attached hydrogens (tertiary/aromatic N) is 2. The summed E-state index contributed by atoms with van der Waals surface area (Å²) in [4.78, 5) is 50.3. The minimum atomic E-state index is -0.644. The molecule has 4 rings (SSSR count). The predicted molar refractivity (Wildman–Crippen MR) is 120 cm³/mol. The fourth-order valence-electron chi connectivity index (χ4n) is 3.47. The average Bonchev–Trinajstić information content (AvgIpc) is 3.48. The van der Waals surface area contributed by atoms with Gasteiger partial charge >= 0.3 is 11.9 Å². The Hall–Kier alpha value is -3.79. The van der Waals surface area contributed by atoms with E-state index in [-0.39, 0.29) is 42.1 Å². The van der Waals surface area contributed by atoms with Crippen molar-refractivity contribution in [3.63, 3.8) is 0 Å². The zero-order chi connectivity index (χ0) is 23.5. The highest BCUT2D eigenvalue weighted by Gasteiger charge is 2.36. The summed E-state index contributed by atoms with van der Waals surface area (Å²) in [5.41, 5.74) is 1.51. The Kier molecular flexibility index (Phi) is 6.36. The maximum Gasteiger partial charge on any atom is 0.373 e. The van der Waals surface area contributed by atoms with Gasteiger partial charge in [0.25, 0.3) is 11.1 Å². The molecule has 0 unspecified atom stereocenters. The van der Waals surface area contributed by atoms with E-state index >= 15 is 0 Å². The topological polar surface area (TPSA) is 108 Å². The van der Waals surface area contributed by atoms with Crippen LogP contribution in [0.2, 0.25) is 0 Å². The fourth-order valence-corrected chi connectivity index (χ4v) is 4.30. The average molecular weight is 468 g/mol. The number of carbonyl (C=O) groups is 4. The number of para-hydroxylation sites is 1. The summed E-state index contributed by atoms with van der Waals surface area (Å²) >= 11 is 0.818. The van der Waals surface area contributed by atoms with Crippen molar-refractivity contribution < 1.29 is 33.1 Å². The Morgan fingerprint density at radius 2 is 1.94 bits per heavy atom. The number of hydrogen-bond donors (Lipinski definition) is 0. The van der Waals surface area contributed by atoms with Crippen LogP contribution in [0.4, 0.5) is 4.79 Å². The second kappa shape index (κ2) is 9.37. The molecule has 3 heterocycles. The standard InChI is InChI=1S/C23H20N2O7S/c1-3-31-20(26)13-24-11-14(16-6-4-5-7-17(16)24)10-19-21(27)25(23(29)33-19)12-15-8-9-18(32-15)22(28)30-2/h4-11H,3,12-13H2,1-2H3. The third-order valence-electron chi connectivity index (χ3n) is 4.95. The number of aromatic nitrogens is 1. The smallest absolute Gasteiger partial charge is 0.373 e. The summed E-state index contributed by atoms with van der Waals surface area (Å²) in [5, 5.41) is 0.389. The number of methoxy groups -OCH3 is 1. The molecule has 0 N–H and O–H groups in total. The lowest BCUT2D eigenvalue weighted by atomic mass is 10.1. The van der Waals surface area contributed by atoms with E-state index in [2.05, 4.69) is 4.74 Å². The first-order valence-electron chi connectivity index (χ1n) is 10.1. The van der Waals surface area contributed by atoms with Gasteiger partial charge in [0.2, 0.25) is 5.76 Å². The van der Waals surface area contributed by atoms with Gasteiger partial charge in [0.05, 0.1) is 25.2 Å². The van der Waals surface area contributed by atoms with Crippen molar-refractivity contribution in [2.24, 2.45) is 0 Å². The number of ether oxygens (including phenoxy) is 2. The Labute approximate surface area is 192 Å². The summed E-state index contributed by atoms with van der Waals surface area (Å²) in [7, 11) is 1.23. The largest absolute Gasteiger partial charge is 0.465 e. The van der Waals surface area contributed by atoms with E-state index in [0.29, 0.717) is 5.56 Å². The quantitative estimate of drug-likeness (QED) is 0.380. The van der Waals surface area contributed by atoms with Crippen molar-refractivity contribution in [2.75, 3.05) is 13.7 Å².